The van der Waals surface area contributed by atoms with E-state index in [9.17, 15) is 4.79 Å². The minimum Gasteiger partial charge on any atom is -0.462 e. The number of esters is 1. The van der Waals surface area contributed by atoms with E-state index in [0.29, 0.717) is 18.2 Å². The minimum absolute atomic E-state index is 0.298. The predicted molar refractivity (Wildman–Crippen MR) is 79.1 cm³/mol. The van der Waals surface area contributed by atoms with E-state index in [4.69, 9.17) is 4.74 Å². The molecule has 0 amide bonds. The van der Waals surface area contributed by atoms with Gasteiger partial charge in [0.15, 0.2) is 0 Å². The lowest BCUT2D eigenvalue weighted by Gasteiger charge is -2.26. The number of hydrogen-bond donors (Lipinski definition) is 1. The molecule has 110 valence electrons. The van der Waals surface area contributed by atoms with Crippen LogP contribution in [0.15, 0.2) is 18.3 Å². The van der Waals surface area contributed by atoms with Crippen LogP contribution in [0.3, 0.4) is 0 Å². The number of likely N-dealkylation sites (N-methyl/N-ethyl adjacent to an activating group) is 1. The fraction of sp³-hybridized carbons (Fsp3) is 0.600. The Labute approximate surface area is 120 Å². The summed E-state index contributed by atoms with van der Waals surface area (Å²) >= 11 is 0. The summed E-state index contributed by atoms with van der Waals surface area (Å²) in [6.45, 7) is 7.05. The van der Waals surface area contributed by atoms with Crippen LogP contribution in [0, 0.1) is 0 Å². The van der Waals surface area contributed by atoms with Crippen LogP contribution in [0.1, 0.15) is 37.0 Å². The van der Waals surface area contributed by atoms with Gasteiger partial charge in [0.05, 0.1) is 6.61 Å². The average Bonchev–Trinajstić information content (AvgIpc) is 2.98. The number of rotatable bonds is 6. The van der Waals surface area contributed by atoms with E-state index in [1.165, 1.54) is 12.8 Å². The summed E-state index contributed by atoms with van der Waals surface area (Å²) in [5.74, 6) is 0.426. The van der Waals surface area contributed by atoms with Gasteiger partial charge in [0, 0.05) is 25.3 Å². The summed E-state index contributed by atoms with van der Waals surface area (Å²) in [6.07, 6.45) is 4.12. The van der Waals surface area contributed by atoms with Gasteiger partial charge in [-0.25, -0.2) is 9.78 Å². The summed E-state index contributed by atoms with van der Waals surface area (Å²) in [5, 5.41) is 3.48. The van der Waals surface area contributed by atoms with Gasteiger partial charge in [0.25, 0.3) is 0 Å². The fourth-order valence-electron chi connectivity index (χ4n) is 2.56. The van der Waals surface area contributed by atoms with Gasteiger partial charge in [0.1, 0.15) is 11.4 Å². The van der Waals surface area contributed by atoms with Gasteiger partial charge in [-0.3, -0.25) is 0 Å². The topological polar surface area (TPSA) is 54.5 Å². The molecule has 20 heavy (non-hydrogen) atoms. The fourth-order valence-corrected chi connectivity index (χ4v) is 2.56. The molecule has 1 aliphatic rings. The van der Waals surface area contributed by atoms with Gasteiger partial charge < -0.3 is 15.0 Å². The first-order chi connectivity index (χ1) is 9.76. The molecule has 0 aromatic carbocycles. The third-order valence-corrected chi connectivity index (χ3v) is 3.57. The number of carbonyl (C=O) groups is 1. The Morgan fingerprint density at radius 3 is 3.05 bits per heavy atom. The van der Waals surface area contributed by atoms with Crippen LogP contribution in [0.5, 0.6) is 0 Å². The molecule has 0 radical (unpaired) electrons. The lowest BCUT2D eigenvalue weighted by atomic mass is 10.2. The van der Waals surface area contributed by atoms with Crippen LogP contribution in [0.25, 0.3) is 0 Å². The van der Waals surface area contributed by atoms with E-state index in [1.807, 2.05) is 6.92 Å². The van der Waals surface area contributed by atoms with Crippen LogP contribution in [-0.4, -0.2) is 43.2 Å². The third kappa shape index (κ3) is 3.48. The largest absolute Gasteiger partial charge is 0.462 e. The first-order valence-electron chi connectivity index (χ1n) is 7.36. The number of ether oxygens (including phenoxy) is 1. The molecular weight excluding hydrogens is 254 g/mol. The Balaban J connectivity index is 2.17. The Morgan fingerprint density at radius 2 is 2.40 bits per heavy atom. The molecule has 2 heterocycles. The van der Waals surface area contributed by atoms with Gasteiger partial charge in [-0.05, 0) is 45.4 Å². The first-order valence-corrected chi connectivity index (χ1v) is 7.36. The van der Waals surface area contributed by atoms with Crippen molar-refractivity contribution in [1.82, 2.24) is 10.3 Å². The predicted octanol–water partition coefficient (Wildman–Crippen LogP) is 1.84. The van der Waals surface area contributed by atoms with Crippen molar-refractivity contribution >= 4 is 11.8 Å². The maximum absolute atomic E-state index is 12.0. The second kappa shape index (κ2) is 7.24. The second-order valence-electron chi connectivity index (χ2n) is 4.93. The summed E-state index contributed by atoms with van der Waals surface area (Å²) in [6, 6.07) is 4.04. The summed E-state index contributed by atoms with van der Waals surface area (Å²) in [5.41, 5.74) is 0.550. The smallest absolute Gasteiger partial charge is 0.341 e. The van der Waals surface area contributed by atoms with Crippen molar-refractivity contribution in [2.75, 3.05) is 31.1 Å². The van der Waals surface area contributed by atoms with Crippen LogP contribution in [0.4, 0.5) is 5.82 Å². The van der Waals surface area contributed by atoms with E-state index in [-0.39, 0.29) is 5.97 Å². The van der Waals surface area contributed by atoms with Gasteiger partial charge in [0.2, 0.25) is 0 Å². The zero-order valence-corrected chi connectivity index (χ0v) is 12.3. The van der Waals surface area contributed by atoms with Crippen molar-refractivity contribution in [3.05, 3.63) is 23.9 Å². The monoisotopic (exact) mass is 277 g/mol. The molecule has 1 unspecified atom stereocenters. The molecule has 0 spiro atoms. The van der Waals surface area contributed by atoms with Gasteiger partial charge in [-0.15, -0.1) is 0 Å². The highest BCUT2D eigenvalue weighted by atomic mass is 16.5. The molecule has 1 aliphatic heterocycles. The number of nitrogens with zero attached hydrogens (tertiary/aromatic N) is 2. The molecule has 5 heteroatoms. The Bertz CT molecular complexity index is 444. The zero-order valence-electron chi connectivity index (χ0n) is 12.3. The zero-order chi connectivity index (χ0) is 14.4. The lowest BCUT2D eigenvalue weighted by molar-refractivity contribution is 0.0526. The van der Waals surface area contributed by atoms with Crippen LogP contribution >= 0.6 is 0 Å². The second-order valence-corrected chi connectivity index (χ2v) is 4.93. The molecular formula is C15H23N3O2. The van der Waals surface area contributed by atoms with E-state index in [2.05, 4.69) is 22.1 Å². The molecule has 0 saturated carbocycles. The SMILES string of the molecule is CCOC(=O)c1cccnc1N(CC)CC1CCCN1. The highest BCUT2D eigenvalue weighted by molar-refractivity contribution is 5.94. The van der Waals surface area contributed by atoms with E-state index >= 15 is 0 Å². The standard InChI is InChI=1S/C15H23N3O2/c1-3-18(11-12-7-5-9-16-12)14-13(8-6-10-17-14)15(19)20-4-2/h6,8,10,12,16H,3-5,7,9,11H2,1-2H3. The molecule has 1 atom stereocenters. The molecule has 1 aromatic heterocycles. The quantitative estimate of drug-likeness (QED) is 0.804. The van der Waals surface area contributed by atoms with Gasteiger partial charge in [-0.1, -0.05) is 0 Å². The molecule has 1 N–H and O–H groups in total. The number of pyridine rings is 1. The number of aromatic nitrogens is 1. The van der Waals surface area contributed by atoms with Crippen molar-refractivity contribution in [2.45, 2.75) is 32.7 Å². The average molecular weight is 277 g/mol. The number of carbonyl (C=O) groups excluding carboxylic acids is 1. The number of hydrogen-bond acceptors (Lipinski definition) is 5. The van der Waals surface area contributed by atoms with Crippen LogP contribution < -0.4 is 10.2 Å². The Morgan fingerprint density at radius 1 is 1.55 bits per heavy atom. The van der Waals surface area contributed by atoms with Crippen LogP contribution in [-0.2, 0) is 4.74 Å². The van der Waals surface area contributed by atoms with Crippen molar-refractivity contribution in [1.29, 1.82) is 0 Å². The molecule has 5 nitrogen and oxygen atoms in total. The lowest BCUT2D eigenvalue weighted by Crippen LogP contribution is -2.38. The summed E-state index contributed by atoms with van der Waals surface area (Å²) in [7, 11) is 0. The minimum atomic E-state index is -0.298. The molecule has 0 bridgehead atoms. The van der Waals surface area contributed by atoms with Gasteiger partial charge in [-0.2, -0.15) is 0 Å². The highest BCUT2D eigenvalue weighted by Gasteiger charge is 2.22. The van der Waals surface area contributed by atoms with Crippen molar-refractivity contribution in [2.24, 2.45) is 0 Å². The first kappa shape index (κ1) is 14.8. The maximum Gasteiger partial charge on any atom is 0.341 e. The normalized spacial score (nSPS) is 18.0. The third-order valence-electron chi connectivity index (χ3n) is 3.57. The maximum atomic E-state index is 12.0. The Hall–Kier alpha value is -1.62. The van der Waals surface area contributed by atoms with Crippen molar-refractivity contribution < 1.29 is 9.53 Å². The summed E-state index contributed by atoms with van der Waals surface area (Å²) < 4.78 is 5.11. The molecule has 1 aromatic rings. The Kier molecular flexibility index (Phi) is 5.35. The van der Waals surface area contributed by atoms with Crippen molar-refractivity contribution in [3.63, 3.8) is 0 Å². The molecule has 1 fully saturated rings. The number of anilines is 1. The van der Waals surface area contributed by atoms with E-state index in [0.717, 1.165) is 25.5 Å². The van der Waals surface area contributed by atoms with E-state index < -0.39 is 0 Å². The highest BCUT2D eigenvalue weighted by Crippen LogP contribution is 2.20. The van der Waals surface area contributed by atoms with Crippen molar-refractivity contribution in [3.8, 4) is 0 Å². The van der Waals surface area contributed by atoms with E-state index in [1.54, 1.807) is 18.3 Å². The molecule has 0 aliphatic carbocycles. The van der Waals surface area contributed by atoms with Gasteiger partial charge >= 0.3 is 5.97 Å². The molecule has 2 rings (SSSR count). The molecule has 1 saturated heterocycles. The number of nitrogens with one attached hydrogen (secondary N) is 1. The van der Waals surface area contributed by atoms with Crippen LogP contribution in [0.2, 0.25) is 0 Å². The summed E-state index contributed by atoms with van der Waals surface area (Å²) in [4.78, 5) is 18.6.